The number of nitrogens with zero attached hydrogens (tertiary/aromatic N) is 2. The molecule has 2 aromatic heterocycles. The van der Waals surface area contributed by atoms with Crippen LogP contribution >= 0.6 is 11.3 Å². The second-order valence-corrected chi connectivity index (χ2v) is 9.44. The lowest BCUT2D eigenvalue weighted by molar-refractivity contribution is 0.375. The molecule has 28 heavy (non-hydrogen) atoms. The van der Waals surface area contributed by atoms with E-state index in [1.54, 1.807) is 11.3 Å². The Balaban J connectivity index is 1.36. The number of hydrogen-bond acceptors (Lipinski definition) is 4. The Hall–Kier alpha value is -2.20. The molecule has 0 spiro atoms. The molecule has 1 radical (unpaired) electrons. The lowest BCUT2D eigenvalue weighted by Gasteiger charge is -2.26. The summed E-state index contributed by atoms with van der Waals surface area (Å²) >= 11 is 1.68. The van der Waals surface area contributed by atoms with Crippen LogP contribution in [0.5, 0.6) is 0 Å². The van der Waals surface area contributed by atoms with E-state index >= 15 is 0 Å². The summed E-state index contributed by atoms with van der Waals surface area (Å²) in [5, 5.41) is 9.68. The third-order valence-electron chi connectivity index (χ3n) is 5.67. The van der Waals surface area contributed by atoms with Crippen molar-refractivity contribution in [3.05, 3.63) is 64.2 Å². The SMILES string of the molecule is CC(C)(C)c1ccc(-c2noc(C=CC3CCC(c4[c]scc4)CC3)n2)cc1. The number of hydrogen-bond donors (Lipinski definition) is 0. The first-order valence-electron chi connectivity index (χ1n) is 10.1. The van der Waals surface area contributed by atoms with Crippen LogP contribution in [0.4, 0.5) is 0 Å². The van der Waals surface area contributed by atoms with Crippen molar-refractivity contribution in [2.45, 2.75) is 57.8 Å². The molecule has 4 heteroatoms. The van der Waals surface area contributed by atoms with Crippen LogP contribution in [0.25, 0.3) is 17.5 Å². The number of thiophene rings is 1. The molecule has 1 aromatic carbocycles. The van der Waals surface area contributed by atoms with Gasteiger partial charge in [-0.25, -0.2) is 0 Å². The first kappa shape index (κ1) is 19.1. The van der Waals surface area contributed by atoms with Crippen LogP contribution in [0.3, 0.4) is 0 Å². The first-order chi connectivity index (χ1) is 13.5. The van der Waals surface area contributed by atoms with Crippen LogP contribution in [-0.4, -0.2) is 10.1 Å². The van der Waals surface area contributed by atoms with E-state index < -0.39 is 0 Å². The highest BCUT2D eigenvalue weighted by Gasteiger charge is 2.21. The molecule has 0 aliphatic heterocycles. The predicted octanol–water partition coefficient (Wildman–Crippen LogP) is 6.88. The zero-order valence-electron chi connectivity index (χ0n) is 16.8. The van der Waals surface area contributed by atoms with E-state index in [0.29, 0.717) is 23.6 Å². The maximum atomic E-state index is 5.44. The van der Waals surface area contributed by atoms with E-state index in [9.17, 15) is 0 Å². The topological polar surface area (TPSA) is 38.9 Å². The first-order valence-corrected chi connectivity index (χ1v) is 10.9. The van der Waals surface area contributed by atoms with Crippen molar-refractivity contribution in [1.82, 2.24) is 10.1 Å². The fraction of sp³-hybridized carbons (Fsp3) is 0.417. The van der Waals surface area contributed by atoms with Crippen molar-refractivity contribution in [3.8, 4) is 11.4 Å². The summed E-state index contributed by atoms with van der Waals surface area (Å²) in [5.74, 6) is 2.51. The Morgan fingerprint density at radius 3 is 2.46 bits per heavy atom. The summed E-state index contributed by atoms with van der Waals surface area (Å²) in [5.41, 5.74) is 3.83. The van der Waals surface area contributed by atoms with Gasteiger partial charge < -0.3 is 4.52 Å². The maximum absolute atomic E-state index is 5.44. The largest absolute Gasteiger partial charge is 0.334 e. The summed E-state index contributed by atoms with van der Waals surface area (Å²) in [6, 6.07) is 10.7. The molecule has 0 saturated heterocycles. The second-order valence-electron chi connectivity index (χ2n) is 8.73. The Labute approximate surface area is 171 Å². The van der Waals surface area contributed by atoms with E-state index in [1.165, 1.54) is 36.8 Å². The highest BCUT2D eigenvalue weighted by Crippen LogP contribution is 2.37. The molecule has 0 atom stereocenters. The van der Waals surface area contributed by atoms with Gasteiger partial charge in [-0.15, -0.1) is 11.3 Å². The van der Waals surface area contributed by atoms with Gasteiger partial charge in [0.05, 0.1) is 0 Å². The van der Waals surface area contributed by atoms with Crippen LogP contribution < -0.4 is 0 Å². The van der Waals surface area contributed by atoms with Crippen molar-refractivity contribution in [3.63, 3.8) is 0 Å². The molecule has 1 aliphatic carbocycles. The van der Waals surface area contributed by atoms with Crippen molar-refractivity contribution >= 4 is 17.4 Å². The molecule has 2 heterocycles. The standard InChI is InChI=1S/C24H27N2OS/c1-24(2,3)21-11-9-19(10-12-21)23-25-22(27-26-23)13-6-17-4-7-18(8-5-17)20-14-15-28-16-20/h6,9-15,17-18H,4-5,7-8H2,1-3H3. The van der Waals surface area contributed by atoms with Crippen LogP contribution in [0.2, 0.25) is 0 Å². The highest BCUT2D eigenvalue weighted by atomic mass is 32.1. The fourth-order valence-corrected chi connectivity index (χ4v) is 4.50. The molecular formula is C24H27N2OS. The van der Waals surface area contributed by atoms with E-state index in [0.717, 1.165) is 5.56 Å². The maximum Gasteiger partial charge on any atom is 0.250 e. The molecule has 4 rings (SSSR count). The molecule has 0 amide bonds. The number of allylic oxidation sites excluding steroid dienone is 1. The zero-order chi connectivity index (χ0) is 19.6. The summed E-state index contributed by atoms with van der Waals surface area (Å²) < 4.78 is 5.44. The summed E-state index contributed by atoms with van der Waals surface area (Å²) in [7, 11) is 0. The van der Waals surface area contributed by atoms with Gasteiger partial charge in [0.1, 0.15) is 0 Å². The Kier molecular flexibility index (Phi) is 5.49. The minimum atomic E-state index is 0.143. The fourth-order valence-electron chi connectivity index (χ4n) is 3.84. The van der Waals surface area contributed by atoms with Crippen LogP contribution in [0.1, 0.15) is 69.4 Å². The Morgan fingerprint density at radius 1 is 1.07 bits per heavy atom. The minimum Gasteiger partial charge on any atom is -0.334 e. The normalized spacial score (nSPS) is 20.7. The van der Waals surface area contributed by atoms with Crippen LogP contribution in [0, 0.1) is 11.3 Å². The average Bonchev–Trinajstić information content (AvgIpc) is 3.38. The highest BCUT2D eigenvalue weighted by molar-refractivity contribution is 7.07. The quantitative estimate of drug-likeness (QED) is 0.486. The Bertz CT molecular complexity index is 908. The van der Waals surface area contributed by atoms with E-state index in [4.69, 9.17) is 4.52 Å². The van der Waals surface area contributed by atoms with Crippen LogP contribution in [-0.2, 0) is 5.41 Å². The molecule has 0 unspecified atom stereocenters. The third kappa shape index (κ3) is 4.44. The van der Waals surface area contributed by atoms with Crippen molar-refractivity contribution < 1.29 is 4.52 Å². The van der Waals surface area contributed by atoms with Gasteiger partial charge in [-0.05, 0) is 71.6 Å². The van der Waals surface area contributed by atoms with Gasteiger partial charge in [0.2, 0.25) is 5.82 Å². The lowest BCUT2D eigenvalue weighted by Crippen LogP contribution is -2.11. The molecule has 145 valence electrons. The smallest absolute Gasteiger partial charge is 0.250 e. The Morgan fingerprint density at radius 2 is 1.82 bits per heavy atom. The average molecular weight is 392 g/mol. The van der Waals surface area contributed by atoms with E-state index in [1.807, 2.05) is 6.08 Å². The molecule has 3 nitrogen and oxygen atoms in total. The number of rotatable bonds is 4. The summed E-state index contributed by atoms with van der Waals surface area (Å²) in [4.78, 5) is 4.54. The van der Waals surface area contributed by atoms with Crippen molar-refractivity contribution in [2.24, 2.45) is 5.92 Å². The molecule has 1 aliphatic rings. The van der Waals surface area contributed by atoms with Crippen LogP contribution in [0.15, 0.2) is 46.3 Å². The van der Waals surface area contributed by atoms with E-state index in [-0.39, 0.29) is 5.41 Å². The minimum absolute atomic E-state index is 0.143. The van der Waals surface area contributed by atoms with Gasteiger partial charge in [-0.1, -0.05) is 56.3 Å². The van der Waals surface area contributed by atoms with Gasteiger partial charge in [0, 0.05) is 10.9 Å². The summed E-state index contributed by atoms with van der Waals surface area (Å²) in [6.45, 7) is 6.64. The zero-order valence-corrected chi connectivity index (χ0v) is 17.6. The second kappa shape index (κ2) is 8.04. The molecule has 1 fully saturated rings. The van der Waals surface area contributed by atoms with Gasteiger partial charge in [0.15, 0.2) is 0 Å². The molecular weight excluding hydrogens is 364 g/mol. The lowest BCUT2D eigenvalue weighted by atomic mass is 9.79. The third-order valence-corrected chi connectivity index (χ3v) is 6.29. The summed E-state index contributed by atoms with van der Waals surface area (Å²) in [6.07, 6.45) is 9.12. The van der Waals surface area contributed by atoms with Crippen molar-refractivity contribution in [1.29, 1.82) is 0 Å². The monoisotopic (exact) mass is 391 g/mol. The van der Waals surface area contributed by atoms with Gasteiger partial charge in [-0.3, -0.25) is 0 Å². The molecule has 0 bridgehead atoms. The molecule has 3 aromatic rings. The number of aromatic nitrogens is 2. The molecule has 1 saturated carbocycles. The van der Waals surface area contributed by atoms with Gasteiger partial charge >= 0.3 is 0 Å². The number of benzene rings is 1. The van der Waals surface area contributed by atoms with Crippen molar-refractivity contribution in [2.75, 3.05) is 0 Å². The predicted molar refractivity (Wildman–Crippen MR) is 115 cm³/mol. The molecule has 0 N–H and O–H groups in total. The van der Waals surface area contributed by atoms with E-state index in [2.05, 4.69) is 78.1 Å². The van der Waals surface area contributed by atoms with Gasteiger partial charge in [0.25, 0.3) is 5.89 Å². The van der Waals surface area contributed by atoms with Gasteiger partial charge in [-0.2, -0.15) is 4.98 Å².